The quantitative estimate of drug-likeness (QED) is 0.611. The van der Waals surface area contributed by atoms with Crippen molar-refractivity contribution in [3.63, 3.8) is 0 Å². The molecule has 0 radical (unpaired) electrons. The molecule has 0 saturated carbocycles. The first kappa shape index (κ1) is 24.1. The highest BCUT2D eigenvalue weighted by atomic mass is 16.5. The number of carbonyl (C=O) groups is 2. The van der Waals surface area contributed by atoms with E-state index in [-0.39, 0.29) is 30.3 Å². The maximum atomic E-state index is 13.3. The van der Waals surface area contributed by atoms with Crippen molar-refractivity contribution < 1.29 is 23.8 Å². The Bertz CT molecular complexity index is 1030. The van der Waals surface area contributed by atoms with Crippen molar-refractivity contribution in [2.75, 3.05) is 34.9 Å². The van der Waals surface area contributed by atoms with Gasteiger partial charge in [-0.05, 0) is 29.8 Å². The minimum atomic E-state index is -0.312. The molecule has 0 unspecified atom stereocenters. The summed E-state index contributed by atoms with van der Waals surface area (Å²) in [6.45, 7) is 3.57. The van der Waals surface area contributed by atoms with Gasteiger partial charge in [-0.2, -0.15) is 5.10 Å². The van der Waals surface area contributed by atoms with Gasteiger partial charge in [0.05, 0.1) is 33.1 Å². The summed E-state index contributed by atoms with van der Waals surface area (Å²) in [5.41, 5.74) is 2.44. The Labute approximate surface area is 194 Å². The van der Waals surface area contributed by atoms with Crippen LogP contribution >= 0.6 is 0 Å². The van der Waals surface area contributed by atoms with Crippen molar-refractivity contribution >= 4 is 17.5 Å². The van der Waals surface area contributed by atoms with E-state index in [2.05, 4.69) is 0 Å². The molecular weight excluding hydrogens is 422 g/mol. The van der Waals surface area contributed by atoms with E-state index in [0.29, 0.717) is 17.9 Å². The number of nitrogens with zero attached hydrogens (tertiary/aromatic N) is 3. The number of rotatable bonds is 8. The van der Waals surface area contributed by atoms with Crippen molar-refractivity contribution in [3.8, 4) is 17.2 Å². The van der Waals surface area contributed by atoms with Crippen LogP contribution in [-0.2, 0) is 9.59 Å². The van der Waals surface area contributed by atoms with E-state index in [0.717, 1.165) is 22.6 Å². The second-order valence-electron chi connectivity index (χ2n) is 8.19. The van der Waals surface area contributed by atoms with Gasteiger partial charge in [0, 0.05) is 31.0 Å². The largest absolute Gasteiger partial charge is 0.497 e. The molecule has 8 heteroatoms. The maximum Gasteiger partial charge on any atom is 0.262 e. The van der Waals surface area contributed by atoms with Crippen molar-refractivity contribution in [1.82, 2.24) is 9.91 Å². The predicted molar refractivity (Wildman–Crippen MR) is 126 cm³/mol. The molecule has 1 aliphatic heterocycles. The lowest BCUT2D eigenvalue weighted by atomic mass is 9.97. The summed E-state index contributed by atoms with van der Waals surface area (Å²) >= 11 is 0. The lowest BCUT2D eigenvalue weighted by Gasteiger charge is -2.25. The van der Waals surface area contributed by atoms with Gasteiger partial charge in [0.25, 0.3) is 5.91 Å². The molecule has 0 spiro atoms. The Morgan fingerprint density at radius 1 is 1.03 bits per heavy atom. The highest BCUT2D eigenvalue weighted by molar-refractivity contribution is 6.05. The number of benzene rings is 2. The van der Waals surface area contributed by atoms with Crippen LogP contribution in [0.15, 0.2) is 47.6 Å². The number of likely N-dealkylation sites (N-methyl/N-ethyl adjacent to an activating group) is 1. The second-order valence-corrected chi connectivity index (χ2v) is 8.19. The van der Waals surface area contributed by atoms with E-state index in [1.807, 2.05) is 50.2 Å². The van der Waals surface area contributed by atoms with Crippen LogP contribution in [0.2, 0.25) is 0 Å². The molecule has 1 atom stereocenters. The number of carbonyl (C=O) groups excluding carboxylic acids is 2. The number of ether oxygens (including phenoxy) is 3. The molecule has 176 valence electrons. The van der Waals surface area contributed by atoms with Gasteiger partial charge in [0.1, 0.15) is 23.8 Å². The molecule has 0 fully saturated rings. The molecule has 2 amide bonds. The van der Waals surface area contributed by atoms with Crippen LogP contribution in [0.25, 0.3) is 0 Å². The summed E-state index contributed by atoms with van der Waals surface area (Å²) in [7, 11) is 6.43. The molecule has 0 aromatic heterocycles. The van der Waals surface area contributed by atoms with E-state index >= 15 is 0 Å². The average molecular weight is 454 g/mol. The maximum absolute atomic E-state index is 13.3. The molecule has 2 aromatic carbocycles. The number of methoxy groups -OCH3 is 3. The summed E-state index contributed by atoms with van der Waals surface area (Å²) in [5.74, 6) is 1.47. The van der Waals surface area contributed by atoms with Crippen LogP contribution in [0, 0.1) is 5.92 Å². The van der Waals surface area contributed by atoms with Crippen molar-refractivity contribution in [3.05, 3.63) is 53.6 Å². The van der Waals surface area contributed by atoms with Crippen LogP contribution in [0.1, 0.15) is 37.4 Å². The van der Waals surface area contributed by atoms with Crippen molar-refractivity contribution in [1.29, 1.82) is 0 Å². The molecule has 0 aliphatic carbocycles. The normalized spacial score (nSPS) is 15.3. The highest BCUT2D eigenvalue weighted by Crippen LogP contribution is 2.36. The zero-order valence-corrected chi connectivity index (χ0v) is 20.0. The Balaban J connectivity index is 1.96. The Morgan fingerprint density at radius 2 is 1.67 bits per heavy atom. The molecule has 0 N–H and O–H groups in total. The first-order valence-corrected chi connectivity index (χ1v) is 10.8. The van der Waals surface area contributed by atoms with Gasteiger partial charge in [0.15, 0.2) is 0 Å². The van der Waals surface area contributed by atoms with E-state index in [9.17, 15) is 9.59 Å². The predicted octanol–water partition coefficient (Wildman–Crippen LogP) is 3.50. The third-order valence-electron chi connectivity index (χ3n) is 5.63. The Hall–Kier alpha value is -3.55. The molecule has 33 heavy (non-hydrogen) atoms. The molecule has 1 heterocycles. The third kappa shape index (κ3) is 5.27. The average Bonchev–Trinajstić information content (AvgIpc) is 3.28. The van der Waals surface area contributed by atoms with Gasteiger partial charge in [-0.3, -0.25) is 9.59 Å². The monoisotopic (exact) mass is 453 g/mol. The molecule has 1 aliphatic rings. The SMILES string of the molecule is COc1ccc([C@H]2CC(c3ccc(OC)cc3OC)=NN2C(=O)CN(C)C(=O)C(C)C)cc1. The first-order valence-electron chi connectivity index (χ1n) is 10.8. The summed E-state index contributed by atoms with van der Waals surface area (Å²) in [5, 5.41) is 6.17. The topological polar surface area (TPSA) is 80.7 Å². The summed E-state index contributed by atoms with van der Waals surface area (Å²) in [6, 6.07) is 12.8. The molecule has 0 bridgehead atoms. The zero-order valence-electron chi connectivity index (χ0n) is 20.0. The molecule has 0 saturated heterocycles. The van der Waals surface area contributed by atoms with Gasteiger partial charge < -0.3 is 19.1 Å². The molecular formula is C25H31N3O5. The summed E-state index contributed by atoms with van der Waals surface area (Å²) < 4.78 is 16.1. The number of amides is 2. The Morgan fingerprint density at radius 3 is 2.24 bits per heavy atom. The fourth-order valence-corrected chi connectivity index (χ4v) is 3.82. The molecule has 2 aromatic rings. The summed E-state index contributed by atoms with van der Waals surface area (Å²) in [6.07, 6.45) is 0.503. The third-order valence-corrected chi connectivity index (χ3v) is 5.63. The minimum Gasteiger partial charge on any atom is -0.497 e. The number of hydrogen-bond acceptors (Lipinski definition) is 6. The Kier molecular flexibility index (Phi) is 7.58. The van der Waals surface area contributed by atoms with Gasteiger partial charge in [0.2, 0.25) is 5.91 Å². The van der Waals surface area contributed by atoms with Gasteiger partial charge in [-0.1, -0.05) is 26.0 Å². The molecule has 3 rings (SSSR count). The first-order chi connectivity index (χ1) is 15.8. The van der Waals surface area contributed by atoms with Gasteiger partial charge >= 0.3 is 0 Å². The van der Waals surface area contributed by atoms with Crippen molar-refractivity contribution in [2.24, 2.45) is 11.0 Å². The minimum absolute atomic E-state index is 0.0554. The second kappa shape index (κ2) is 10.4. The standard InChI is InChI=1S/C25H31N3O5/c1-16(2)25(30)27(3)15-24(29)28-22(17-7-9-18(31-4)10-8-17)14-21(26-28)20-12-11-19(32-5)13-23(20)33-6/h7-13,16,22H,14-15H2,1-6H3/t22-/m1/s1. The number of hydrogen-bond donors (Lipinski definition) is 0. The highest BCUT2D eigenvalue weighted by Gasteiger charge is 2.35. The van der Waals surface area contributed by atoms with Crippen LogP contribution in [0.4, 0.5) is 0 Å². The van der Waals surface area contributed by atoms with Gasteiger partial charge in [-0.15, -0.1) is 0 Å². The van der Waals surface area contributed by atoms with Gasteiger partial charge in [-0.25, -0.2) is 5.01 Å². The van der Waals surface area contributed by atoms with Crippen LogP contribution in [0.5, 0.6) is 17.2 Å². The molecule has 8 nitrogen and oxygen atoms in total. The van der Waals surface area contributed by atoms with E-state index in [1.54, 1.807) is 34.4 Å². The van der Waals surface area contributed by atoms with Crippen LogP contribution in [-0.4, -0.2) is 62.4 Å². The lowest BCUT2D eigenvalue weighted by Crippen LogP contribution is -2.40. The van der Waals surface area contributed by atoms with Crippen LogP contribution < -0.4 is 14.2 Å². The van der Waals surface area contributed by atoms with Crippen molar-refractivity contribution in [2.45, 2.75) is 26.3 Å². The van der Waals surface area contributed by atoms with E-state index in [1.165, 1.54) is 9.91 Å². The lowest BCUT2D eigenvalue weighted by molar-refractivity contribution is -0.142. The zero-order chi connectivity index (χ0) is 24.1. The smallest absolute Gasteiger partial charge is 0.262 e. The number of hydrazone groups is 1. The fraction of sp³-hybridized carbons (Fsp3) is 0.400. The van der Waals surface area contributed by atoms with E-state index < -0.39 is 0 Å². The van der Waals surface area contributed by atoms with E-state index in [4.69, 9.17) is 19.3 Å². The fourth-order valence-electron chi connectivity index (χ4n) is 3.82. The van der Waals surface area contributed by atoms with Crippen LogP contribution in [0.3, 0.4) is 0 Å². The summed E-state index contributed by atoms with van der Waals surface area (Å²) in [4.78, 5) is 27.0.